The first kappa shape index (κ1) is 17.3. The van der Waals surface area contributed by atoms with Crippen molar-refractivity contribution in [3.63, 3.8) is 0 Å². The zero-order valence-corrected chi connectivity index (χ0v) is 13.4. The van der Waals surface area contributed by atoms with E-state index in [1.165, 1.54) is 0 Å². The summed E-state index contributed by atoms with van der Waals surface area (Å²) in [6.45, 7) is 4.80. The fourth-order valence-electron chi connectivity index (χ4n) is 2.01. The second kappa shape index (κ2) is 7.88. The summed E-state index contributed by atoms with van der Waals surface area (Å²) >= 11 is 0. The first-order valence-corrected chi connectivity index (χ1v) is 7.28. The lowest BCUT2D eigenvalue weighted by Gasteiger charge is -2.30. The molecule has 1 aromatic rings. The minimum Gasteiger partial charge on any atom is -0.497 e. The molecule has 1 rings (SSSR count). The zero-order chi connectivity index (χ0) is 15.9. The van der Waals surface area contributed by atoms with Gasteiger partial charge in [-0.05, 0) is 37.1 Å². The lowest BCUT2D eigenvalue weighted by Crippen LogP contribution is -2.54. The lowest BCUT2D eigenvalue weighted by atomic mass is 9.92. The molecule has 1 aromatic carbocycles. The lowest BCUT2D eigenvalue weighted by molar-refractivity contribution is -0.136. The number of carbonyl (C=O) groups excluding carboxylic acids is 1. The minimum absolute atomic E-state index is 0.0363. The summed E-state index contributed by atoms with van der Waals surface area (Å²) in [6, 6.07) is 7.35. The van der Waals surface area contributed by atoms with Crippen LogP contribution in [0.5, 0.6) is 11.5 Å². The Bertz CT molecular complexity index is 441. The Labute approximate surface area is 127 Å². The number of hydrogen-bond acceptors (Lipinski definition) is 4. The van der Waals surface area contributed by atoms with E-state index in [-0.39, 0.29) is 5.91 Å². The molecule has 0 bridgehead atoms. The van der Waals surface area contributed by atoms with Gasteiger partial charge in [-0.1, -0.05) is 13.8 Å². The smallest absolute Gasteiger partial charge is 0.242 e. The van der Waals surface area contributed by atoms with Gasteiger partial charge in [0.15, 0.2) is 0 Å². The standard InChI is InChI=1S/C16H26N2O3/c1-5-16(17,6-2)15(19)18(3)11-12-21-14-9-7-13(20-4)8-10-14/h7-10H,5-6,11-12,17H2,1-4H3. The number of carbonyl (C=O) groups is 1. The van der Waals surface area contributed by atoms with Crippen molar-refractivity contribution in [2.24, 2.45) is 5.73 Å². The van der Waals surface area contributed by atoms with Crippen molar-refractivity contribution < 1.29 is 14.3 Å². The highest BCUT2D eigenvalue weighted by atomic mass is 16.5. The van der Waals surface area contributed by atoms with Gasteiger partial charge in [-0.25, -0.2) is 0 Å². The van der Waals surface area contributed by atoms with E-state index in [4.69, 9.17) is 15.2 Å². The van der Waals surface area contributed by atoms with Gasteiger partial charge in [0.1, 0.15) is 18.1 Å². The minimum atomic E-state index is -0.769. The number of benzene rings is 1. The van der Waals surface area contributed by atoms with Crippen molar-refractivity contribution in [3.05, 3.63) is 24.3 Å². The molecule has 5 nitrogen and oxygen atoms in total. The fourth-order valence-corrected chi connectivity index (χ4v) is 2.01. The maximum absolute atomic E-state index is 12.3. The highest BCUT2D eigenvalue weighted by Crippen LogP contribution is 2.17. The van der Waals surface area contributed by atoms with E-state index in [9.17, 15) is 4.79 Å². The van der Waals surface area contributed by atoms with Gasteiger partial charge in [0.25, 0.3) is 0 Å². The predicted octanol–water partition coefficient (Wildman–Crippen LogP) is 2.05. The van der Waals surface area contributed by atoms with Crippen LogP contribution in [0.15, 0.2) is 24.3 Å². The summed E-state index contributed by atoms with van der Waals surface area (Å²) in [7, 11) is 3.38. The molecular formula is C16H26N2O3. The Kier molecular flexibility index (Phi) is 6.49. The molecule has 0 unspecified atom stereocenters. The summed E-state index contributed by atoms with van der Waals surface area (Å²) in [5.41, 5.74) is 5.34. The normalized spacial score (nSPS) is 11.1. The third kappa shape index (κ3) is 4.63. The van der Waals surface area contributed by atoms with E-state index < -0.39 is 5.54 Å². The predicted molar refractivity (Wildman–Crippen MR) is 83.6 cm³/mol. The zero-order valence-electron chi connectivity index (χ0n) is 13.4. The molecule has 2 N–H and O–H groups in total. The maximum atomic E-state index is 12.3. The van der Waals surface area contributed by atoms with Crippen molar-refractivity contribution in [1.82, 2.24) is 4.90 Å². The van der Waals surface area contributed by atoms with Crippen molar-refractivity contribution in [2.45, 2.75) is 32.2 Å². The van der Waals surface area contributed by atoms with Crippen LogP contribution in [0.3, 0.4) is 0 Å². The first-order valence-electron chi connectivity index (χ1n) is 7.28. The second-order valence-corrected chi connectivity index (χ2v) is 5.11. The Morgan fingerprint density at radius 1 is 1.19 bits per heavy atom. The molecule has 0 aliphatic rings. The van der Waals surface area contributed by atoms with Gasteiger partial charge in [-0.3, -0.25) is 4.79 Å². The monoisotopic (exact) mass is 294 g/mol. The number of hydrogen-bond donors (Lipinski definition) is 1. The van der Waals surface area contributed by atoms with Crippen molar-refractivity contribution in [1.29, 1.82) is 0 Å². The molecule has 0 fully saturated rings. The van der Waals surface area contributed by atoms with Gasteiger partial charge in [0, 0.05) is 7.05 Å². The SMILES string of the molecule is CCC(N)(CC)C(=O)N(C)CCOc1ccc(OC)cc1. The number of methoxy groups -OCH3 is 1. The topological polar surface area (TPSA) is 64.8 Å². The van der Waals surface area contributed by atoms with E-state index in [1.807, 2.05) is 38.1 Å². The van der Waals surface area contributed by atoms with E-state index >= 15 is 0 Å². The molecule has 0 saturated carbocycles. The first-order chi connectivity index (χ1) is 9.96. The molecule has 21 heavy (non-hydrogen) atoms. The van der Waals surface area contributed by atoms with Crippen LogP contribution in [0.1, 0.15) is 26.7 Å². The number of amides is 1. The Morgan fingerprint density at radius 2 is 1.71 bits per heavy atom. The van der Waals surface area contributed by atoms with Crippen LogP contribution in [0.2, 0.25) is 0 Å². The van der Waals surface area contributed by atoms with Crippen molar-refractivity contribution in [2.75, 3.05) is 27.3 Å². The van der Waals surface area contributed by atoms with Crippen molar-refractivity contribution in [3.8, 4) is 11.5 Å². The number of rotatable bonds is 8. The quantitative estimate of drug-likeness (QED) is 0.797. The fraction of sp³-hybridized carbons (Fsp3) is 0.562. The average molecular weight is 294 g/mol. The summed E-state index contributed by atoms with van der Waals surface area (Å²) < 4.78 is 10.7. The van der Waals surface area contributed by atoms with Crippen LogP contribution >= 0.6 is 0 Å². The third-order valence-corrected chi connectivity index (χ3v) is 3.79. The third-order valence-electron chi connectivity index (χ3n) is 3.79. The van der Waals surface area contributed by atoms with Crippen LogP contribution in [0, 0.1) is 0 Å². The van der Waals surface area contributed by atoms with E-state index in [2.05, 4.69) is 0 Å². The van der Waals surface area contributed by atoms with Gasteiger partial charge < -0.3 is 20.1 Å². The molecule has 0 atom stereocenters. The number of likely N-dealkylation sites (N-methyl/N-ethyl adjacent to an activating group) is 1. The molecule has 0 aromatic heterocycles. The molecular weight excluding hydrogens is 268 g/mol. The summed E-state index contributed by atoms with van der Waals surface area (Å²) in [4.78, 5) is 13.9. The summed E-state index contributed by atoms with van der Waals surface area (Å²) in [5, 5.41) is 0. The Balaban J connectivity index is 2.45. The summed E-state index contributed by atoms with van der Waals surface area (Å²) in [5.74, 6) is 1.50. The van der Waals surface area contributed by atoms with Gasteiger partial charge in [-0.15, -0.1) is 0 Å². The molecule has 118 valence electrons. The molecule has 1 amide bonds. The van der Waals surface area contributed by atoms with E-state index in [0.29, 0.717) is 26.0 Å². The molecule has 0 aliphatic carbocycles. The largest absolute Gasteiger partial charge is 0.497 e. The molecule has 0 heterocycles. The van der Waals surface area contributed by atoms with Crippen LogP contribution < -0.4 is 15.2 Å². The van der Waals surface area contributed by atoms with Gasteiger partial charge >= 0.3 is 0 Å². The van der Waals surface area contributed by atoms with Crippen LogP contribution in [0.4, 0.5) is 0 Å². The molecule has 0 aliphatic heterocycles. The number of nitrogens with zero attached hydrogens (tertiary/aromatic N) is 1. The average Bonchev–Trinajstić information content (AvgIpc) is 2.53. The second-order valence-electron chi connectivity index (χ2n) is 5.11. The molecule has 0 saturated heterocycles. The highest BCUT2D eigenvalue weighted by Gasteiger charge is 2.32. The molecule has 0 radical (unpaired) electrons. The molecule has 0 spiro atoms. The Hall–Kier alpha value is -1.75. The van der Waals surface area contributed by atoms with Gasteiger partial charge in [-0.2, -0.15) is 0 Å². The van der Waals surface area contributed by atoms with Crippen LogP contribution in [0.25, 0.3) is 0 Å². The van der Waals surface area contributed by atoms with E-state index in [0.717, 1.165) is 11.5 Å². The van der Waals surface area contributed by atoms with Crippen LogP contribution in [-0.4, -0.2) is 43.7 Å². The highest BCUT2D eigenvalue weighted by molar-refractivity contribution is 5.85. The number of nitrogens with two attached hydrogens (primary N) is 1. The van der Waals surface area contributed by atoms with Gasteiger partial charge in [0.2, 0.25) is 5.91 Å². The molecule has 5 heteroatoms. The maximum Gasteiger partial charge on any atom is 0.242 e. The van der Waals surface area contributed by atoms with E-state index in [1.54, 1.807) is 19.1 Å². The number of ether oxygens (including phenoxy) is 2. The van der Waals surface area contributed by atoms with Crippen molar-refractivity contribution >= 4 is 5.91 Å². The Morgan fingerprint density at radius 3 is 2.19 bits per heavy atom. The van der Waals surface area contributed by atoms with Gasteiger partial charge in [0.05, 0.1) is 19.2 Å². The van der Waals surface area contributed by atoms with Crippen LogP contribution in [-0.2, 0) is 4.79 Å². The summed E-state index contributed by atoms with van der Waals surface area (Å²) in [6.07, 6.45) is 1.26.